The molecular weight excluding hydrogens is 208 g/mol. The first-order valence-electron chi connectivity index (χ1n) is 6.56. The topological polar surface area (TPSA) is 17.1 Å². The summed E-state index contributed by atoms with van der Waals surface area (Å²) in [6.45, 7) is 2.20. The Morgan fingerprint density at radius 3 is 2.35 bits per heavy atom. The Morgan fingerprint density at radius 2 is 1.71 bits per heavy atom. The van der Waals surface area contributed by atoms with Gasteiger partial charge in [-0.25, -0.2) is 0 Å². The fourth-order valence-corrected chi connectivity index (χ4v) is 1.76. The normalized spacial score (nSPS) is 10.9. The lowest BCUT2D eigenvalue weighted by atomic mass is 10.1. The molecular formula is C16H22O. The molecule has 17 heavy (non-hydrogen) atoms. The zero-order valence-electron chi connectivity index (χ0n) is 10.7. The minimum Gasteiger partial charge on any atom is -0.298 e. The van der Waals surface area contributed by atoms with E-state index in [1.807, 2.05) is 12.1 Å². The molecule has 92 valence electrons. The average molecular weight is 230 g/mol. The summed E-state index contributed by atoms with van der Waals surface area (Å²) in [5.74, 6) is 0. The first kappa shape index (κ1) is 13.7. The molecule has 0 amide bonds. The van der Waals surface area contributed by atoms with Gasteiger partial charge in [0, 0.05) is 5.56 Å². The lowest BCUT2D eigenvalue weighted by Gasteiger charge is -2.00. The van der Waals surface area contributed by atoms with Crippen molar-refractivity contribution >= 4 is 6.29 Å². The van der Waals surface area contributed by atoms with Gasteiger partial charge in [-0.15, -0.1) is 0 Å². The number of allylic oxidation sites excluding steroid dienone is 2. The zero-order chi connectivity index (χ0) is 12.3. The van der Waals surface area contributed by atoms with Gasteiger partial charge in [-0.1, -0.05) is 49.8 Å². The monoisotopic (exact) mass is 230 g/mol. The van der Waals surface area contributed by atoms with Gasteiger partial charge in [0.25, 0.3) is 0 Å². The molecule has 0 heterocycles. The highest BCUT2D eigenvalue weighted by Gasteiger charge is 1.93. The predicted octanol–water partition coefficient (Wildman–Crippen LogP) is 4.57. The maximum Gasteiger partial charge on any atom is 0.150 e. The molecule has 0 aliphatic rings. The number of benzene rings is 1. The van der Waals surface area contributed by atoms with Crippen molar-refractivity contribution in [2.45, 2.75) is 45.4 Å². The molecule has 0 aliphatic carbocycles. The third-order valence-corrected chi connectivity index (χ3v) is 2.82. The van der Waals surface area contributed by atoms with Gasteiger partial charge < -0.3 is 0 Å². The summed E-state index contributed by atoms with van der Waals surface area (Å²) in [4.78, 5) is 10.5. The highest BCUT2D eigenvalue weighted by atomic mass is 16.1. The van der Waals surface area contributed by atoms with Gasteiger partial charge in [0.2, 0.25) is 0 Å². The van der Waals surface area contributed by atoms with E-state index in [4.69, 9.17) is 0 Å². The second kappa shape index (κ2) is 8.74. The van der Waals surface area contributed by atoms with Crippen molar-refractivity contribution in [2.75, 3.05) is 0 Å². The third-order valence-electron chi connectivity index (χ3n) is 2.82. The van der Waals surface area contributed by atoms with E-state index in [0.29, 0.717) is 0 Å². The average Bonchev–Trinajstić information content (AvgIpc) is 2.38. The molecule has 0 saturated carbocycles. The second-order valence-corrected chi connectivity index (χ2v) is 4.37. The van der Waals surface area contributed by atoms with E-state index in [1.165, 1.54) is 37.7 Å². The molecule has 1 nitrogen and oxygen atoms in total. The molecule has 0 atom stereocenters. The van der Waals surface area contributed by atoms with E-state index in [-0.39, 0.29) is 0 Å². The fourth-order valence-electron chi connectivity index (χ4n) is 1.76. The first-order chi connectivity index (χ1) is 8.36. The number of carbonyl (C=O) groups excluding carboxylic acids is 1. The largest absolute Gasteiger partial charge is 0.298 e. The van der Waals surface area contributed by atoms with Gasteiger partial charge in [0.1, 0.15) is 6.29 Å². The van der Waals surface area contributed by atoms with Crippen LogP contribution in [0.4, 0.5) is 0 Å². The molecule has 0 unspecified atom stereocenters. The van der Waals surface area contributed by atoms with E-state index in [1.54, 1.807) is 0 Å². The fraction of sp³-hybridized carbons (Fsp3) is 0.438. The van der Waals surface area contributed by atoms with Crippen LogP contribution in [0.15, 0.2) is 36.4 Å². The lowest BCUT2D eigenvalue weighted by molar-refractivity contribution is 0.112. The number of unbranched alkanes of at least 4 members (excludes halogenated alkanes) is 3. The van der Waals surface area contributed by atoms with Crippen molar-refractivity contribution in [2.24, 2.45) is 0 Å². The summed E-state index contributed by atoms with van der Waals surface area (Å²) in [7, 11) is 0. The van der Waals surface area contributed by atoms with E-state index in [2.05, 4.69) is 31.2 Å². The van der Waals surface area contributed by atoms with Gasteiger partial charge in [-0.3, -0.25) is 4.79 Å². The maximum absolute atomic E-state index is 10.5. The Bertz CT molecular complexity index is 335. The van der Waals surface area contributed by atoms with Crippen LogP contribution in [0.3, 0.4) is 0 Å². The summed E-state index contributed by atoms with van der Waals surface area (Å²) in [5, 5.41) is 0. The number of carbonyl (C=O) groups is 1. The van der Waals surface area contributed by atoms with Crippen LogP contribution in [0.5, 0.6) is 0 Å². The SMILES string of the molecule is CCC/C=C/CCCCc1ccc(C=O)cc1. The second-order valence-electron chi connectivity index (χ2n) is 4.37. The Hall–Kier alpha value is -1.37. The molecule has 0 aliphatic heterocycles. The molecule has 0 aromatic heterocycles. The van der Waals surface area contributed by atoms with Crippen molar-refractivity contribution in [3.05, 3.63) is 47.5 Å². The van der Waals surface area contributed by atoms with Gasteiger partial charge >= 0.3 is 0 Å². The Morgan fingerprint density at radius 1 is 1.00 bits per heavy atom. The minimum absolute atomic E-state index is 0.760. The summed E-state index contributed by atoms with van der Waals surface area (Å²) in [6, 6.07) is 7.89. The van der Waals surface area contributed by atoms with Gasteiger partial charge in [0.15, 0.2) is 0 Å². The van der Waals surface area contributed by atoms with Crippen LogP contribution in [0, 0.1) is 0 Å². The molecule has 0 N–H and O–H groups in total. The minimum atomic E-state index is 0.760. The van der Waals surface area contributed by atoms with Crippen molar-refractivity contribution < 1.29 is 4.79 Å². The summed E-state index contributed by atoms with van der Waals surface area (Å²) in [5.41, 5.74) is 2.09. The molecule has 1 rings (SSSR count). The number of hydrogen-bond donors (Lipinski definition) is 0. The molecule has 0 spiro atoms. The number of aldehydes is 1. The third kappa shape index (κ3) is 6.06. The number of aryl methyl sites for hydroxylation is 1. The Kier molecular flexibility index (Phi) is 7.04. The van der Waals surface area contributed by atoms with Crippen molar-refractivity contribution in [3.8, 4) is 0 Å². The summed E-state index contributed by atoms with van der Waals surface area (Å²) >= 11 is 0. The van der Waals surface area contributed by atoms with Gasteiger partial charge in [-0.2, -0.15) is 0 Å². The highest BCUT2D eigenvalue weighted by Crippen LogP contribution is 2.08. The van der Waals surface area contributed by atoms with Crippen LogP contribution >= 0.6 is 0 Å². The molecule has 1 aromatic rings. The summed E-state index contributed by atoms with van der Waals surface area (Å²) < 4.78 is 0. The van der Waals surface area contributed by atoms with Crippen LogP contribution in [-0.2, 0) is 6.42 Å². The molecule has 0 bridgehead atoms. The quantitative estimate of drug-likeness (QED) is 0.363. The molecule has 1 aromatic carbocycles. The number of hydrogen-bond acceptors (Lipinski definition) is 1. The van der Waals surface area contributed by atoms with Crippen LogP contribution in [0.25, 0.3) is 0 Å². The molecule has 1 heteroatoms. The molecule has 0 saturated heterocycles. The smallest absolute Gasteiger partial charge is 0.150 e. The van der Waals surface area contributed by atoms with Gasteiger partial charge in [-0.05, 0) is 37.7 Å². The Labute approximate surface area is 105 Å². The van der Waals surface area contributed by atoms with E-state index < -0.39 is 0 Å². The first-order valence-corrected chi connectivity index (χ1v) is 6.56. The molecule has 0 fully saturated rings. The highest BCUT2D eigenvalue weighted by molar-refractivity contribution is 5.74. The van der Waals surface area contributed by atoms with E-state index in [9.17, 15) is 4.79 Å². The van der Waals surface area contributed by atoms with Crippen LogP contribution in [0.2, 0.25) is 0 Å². The predicted molar refractivity (Wildman–Crippen MR) is 73.4 cm³/mol. The molecule has 0 radical (unpaired) electrons. The number of rotatable bonds is 8. The zero-order valence-corrected chi connectivity index (χ0v) is 10.7. The van der Waals surface area contributed by atoms with Crippen molar-refractivity contribution in [1.29, 1.82) is 0 Å². The van der Waals surface area contributed by atoms with Crippen LogP contribution in [-0.4, -0.2) is 6.29 Å². The maximum atomic E-state index is 10.5. The Balaban J connectivity index is 2.15. The lowest BCUT2D eigenvalue weighted by Crippen LogP contribution is -1.86. The van der Waals surface area contributed by atoms with E-state index >= 15 is 0 Å². The standard InChI is InChI=1S/C16H22O/c1-2-3-4-5-6-7-8-9-15-10-12-16(14-17)13-11-15/h4-5,10-14H,2-3,6-9H2,1H3/b5-4+. The van der Waals surface area contributed by atoms with Crippen LogP contribution in [0.1, 0.15) is 54.9 Å². The van der Waals surface area contributed by atoms with Crippen molar-refractivity contribution in [1.82, 2.24) is 0 Å². The van der Waals surface area contributed by atoms with Crippen molar-refractivity contribution in [3.63, 3.8) is 0 Å². The summed E-state index contributed by atoms with van der Waals surface area (Å²) in [6.07, 6.45) is 12.7. The van der Waals surface area contributed by atoms with Crippen LogP contribution < -0.4 is 0 Å². The van der Waals surface area contributed by atoms with E-state index in [0.717, 1.165) is 18.3 Å². The van der Waals surface area contributed by atoms with Gasteiger partial charge in [0.05, 0.1) is 0 Å².